The van der Waals surface area contributed by atoms with Crippen molar-refractivity contribution in [3.05, 3.63) is 155 Å². The zero-order valence-electron chi connectivity index (χ0n) is 35.4. The first-order valence-electron chi connectivity index (χ1n) is 21.3. The van der Waals surface area contributed by atoms with Crippen LogP contribution < -0.4 is 4.90 Å². The molecular formula is C50H55N2O7S2+. The molecule has 0 spiro atoms. The average Bonchev–Trinajstić information content (AvgIpc) is 3.63. The minimum absolute atomic E-state index is 0.271. The lowest BCUT2D eigenvalue weighted by Gasteiger charge is -2.28. The summed E-state index contributed by atoms with van der Waals surface area (Å²) in [6.07, 6.45) is 22.0. The van der Waals surface area contributed by atoms with E-state index in [0.29, 0.717) is 11.5 Å². The Morgan fingerprint density at radius 2 is 1.46 bits per heavy atom. The summed E-state index contributed by atoms with van der Waals surface area (Å²) in [6.45, 7) is 10.9. The minimum Gasteiger partial charge on any atom is -0.461 e. The van der Waals surface area contributed by atoms with Gasteiger partial charge in [0.15, 0.2) is 5.71 Å². The van der Waals surface area contributed by atoms with E-state index in [2.05, 4.69) is 163 Å². The number of ether oxygens (including phenoxy) is 1. The van der Waals surface area contributed by atoms with E-state index in [1.165, 1.54) is 66.6 Å². The summed E-state index contributed by atoms with van der Waals surface area (Å²) in [4.78, 5) is 2.46. The van der Waals surface area contributed by atoms with Crippen LogP contribution in [0.1, 0.15) is 83.8 Å². The fraction of sp³-hybridized carbons (Fsp3) is 0.340. The molecule has 4 aliphatic rings. The first kappa shape index (κ1) is 43.2. The molecule has 0 saturated carbocycles. The van der Waals surface area contributed by atoms with Crippen LogP contribution >= 0.6 is 24.1 Å². The lowest BCUT2D eigenvalue weighted by Crippen LogP contribution is -2.28. The van der Waals surface area contributed by atoms with Crippen LogP contribution in [-0.4, -0.2) is 45.4 Å². The van der Waals surface area contributed by atoms with Gasteiger partial charge in [-0.2, -0.15) is 4.58 Å². The Morgan fingerprint density at radius 1 is 0.754 bits per heavy atom. The van der Waals surface area contributed by atoms with Crippen molar-refractivity contribution in [2.45, 2.75) is 83.5 Å². The van der Waals surface area contributed by atoms with E-state index >= 15 is 0 Å². The van der Waals surface area contributed by atoms with Crippen molar-refractivity contribution in [3.8, 4) is 0 Å². The summed E-state index contributed by atoms with van der Waals surface area (Å²) in [5.41, 5.74) is 9.42. The normalized spacial score (nSPS) is 19.6. The van der Waals surface area contributed by atoms with Gasteiger partial charge in [-0.25, -0.2) is 10.5 Å². The lowest BCUT2D eigenvalue weighted by atomic mass is 9.78. The van der Waals surface area contributed by atoms with E-state index in [0.717, 1.165) is 93.6 Å². The third kappa shape index (κ3) is 8.94. The molecule has 0 fully saturated rings. The molecule has 318 valence electrons. The zero-order chi connectivity index (χ0) is 42.4. The first-order valence-corrected chi connectivity index (χ1v) is 23.1. The van der Waals surface area contributed by atoms with Crippen molar-refractivity contribution in [3.63, 3.8) is 0 Å². The fourth-order valence-electron chi connectivity index (χ4n) is 9.73. The molecule has 0 unspecified atom stereocenters. The highest BCUT2D eigenvalue weighted by Gasteiger charge is 2.45. The Balaban J connectivity index is 1.20. The predicted octanol–water partition coefficient (Wildman–Crippen LogP) is 13.1. The van der Waals surface area contributed by atoms with Crippen LogP contribution in [0.2, 0.25) is 0 Å². The van der Waals surface area contributed by atoms with Crippen molar-refractivity contribution in [1.29, 1.82) is 0 Å². The Kier molecular flexibility index (Phi) is 13.7. The molecule has 11 heteroatoms. The lowest BCUT2D eigenvalue weighted by molar-refractivity contribution is -0.438. The molecule has 61 heavy (non-hydrogen) atoms. The van der Waals surface area contributed by atoms with Crippen LogP contribution in [0, 0.1) is 0 Å². The van der Waals surface area contributed by atoms with Crippen molar-refractivity contribution in [2.24, 2.45) is 0 Å². The Hall–Kier alpha value is -4.43. The van der Waals surface area contributed by atoms with E-state index in [1.807, 2.05) is 0 Å². The second-order valence-electron chi connectivity index (χ2n) is 16.9. The quantitative estimate of drug-likeness (QED) is 0.0351. The number of anilines is 1. The maximum absolute atomic E-state index is 8.69. The highest BCUT2D eigenvalue weighted by Crippen LogP contribution is 2.51. The molecule has 2 N–H and O–H groups in total. The first-order chi connectivity index (χ1) is 29.7. The molecule has 0 radical (unpaired) electrons. The molecular weight excluding hydrogens is 805 g/mol. The second-order valence-corrected chi connectivity index (χ2v) is 18.5. The van der Waals surface area contributed by atoms with Gasteiger partial charge in [0.05, 0.1) is 5.41 Å². The van der Waals surface area contributed by atoms with Gasteiger partial charge in [-0.05, 0) is 115 Å². The van der Waals surface area contributed by atoms with Gasteiger partial charge in [-0.3, -0.25) is 0 Å². The van der Waals surface area contributed by atoms with Crippen LogP contribution in [-0.2, 0) is 34.3 Å². The van der Waals surface area contributed by atoms with Crippen LogP contribution in [0.25, 0.3) is 21.5 Å². The van der Waals surface area contributed by atoms with Gasteiger partial charge in [-0.1, -0.05) is 96.7 Å². The number of allylic oxidation sites excluding steroid dienone is 11. The summed E-state index contributed by atoms with van der Waals surface area (Å²) in [5.74, 6) is 3.26. The molecule has 0 bridgehead atoms. The van der Waals surface area contributed by atoms with Crippen LogP contribution in [0.15, 0.2) is 144 Å². The highest BCUT2D eigenvalue weighted by atomic mass is 32.2. The fourth-order valence-corrected chi connectivity index (χ4v) is 10.5. The van der Waals surface area contributed by atoms with Gasteiger partial charge in [0.2, 0.25) is 5.69 Å². The number of fused-ring (bicyclic) bond motifs is 6. The zero-order valence-corrected chi connectivity index (χ0v) is 37.0. The summed E-state index contributed by atoms with van der Waals surface area (Å²) < 4.78 is 18.9. The largest absolute Gasteiger partial charge is 0.461 e. The number of hydrogen-bond acceptors (Lipinski definition) is 10. The van der Waals surface area contributed by atoms with Crippen molar-refractivity contribution in [1.82, 2.24) is 0 Å². The molecule has 9 nitrogen and oxygen atoms in total. The Labute approximate surface area is 367 Å². The molecule has 2 aliphatic heterocycles. The minimum atomic E-state index is -0.271. The molecule has 0 saturated heterocycles. The van der Waals surface area contributed by atoms with Gasteiger partial charge >= 0.3 is 0 Å². The third-order valence-corrected chi connectivity index (χ3v) is 13.7. The van der Waals surface area contributed by atoms with Crippen LogP contribution in [0.3, 0.4) is 0 Å². The van der Waals surface area contributed by atoms with Gasteiger partial charge in [-0.15, -0.1) is 8.67 Å². The van der Waals surface area contributed by atoms with Crippen LogP contribution in [0.4, 0.5) is 11.4 Å². The molecule has 4 aromatic carbocycles. The van der Waals surface area contributed by atoms with Crippen LogP contribution in [0.5, 0.6) is 0 Å². The molecule has 0 amide bonds. The van der Waals surface area contributed by atoms with E-state index in [-0.39, 0.29) is 10.8 Å². The number of rotatable bonds is 17. The topological polar surface area (TPSA) is 92.9 Å². The van der Waals surface area contributed by atoms with Gasteiger partial charge < -0.3 is 9.64 Å². The Morgan fingerprint density at radius 3 is 2.18 bits per heavy atom. The molecule has 2 heterocycles. The predicted molar refractivity (Wildman–Crippen MR) is 249 cm³/mol. The van der Waals surface area contributed by atoms with E-state index in [9.17, 15) is 0 Å². The average molecular weight is 860 g/mol. The molecule has 2 aliphatic carbocycles. The second kappa shape index (κ2) is 19.3. The summed E-state index contributed by atoms with van der Waals surface area (Å²) in [6, 6.07) is 26.3. The monoisotopic (exact) mass is 859 g/mol. The SMILES string of the molecule is CC1(C)C(=CC=C2CCCC(C=CC3=[N+](CCCSOOO)c4ccc5ccccc5c4C3(C)C)=C2OC2=CC=CCC2)N(CCCSOOO)c2ccc3ccccc3c21. The molecule has 0 atom stereocenters. The maximum atomic E-state index is 8.69. The van der Waals surface area contributed by atoms with E-state index in [4.69, 9.17) is 23.9 Å². The number of nitrogens with zero attached hydrogens (tertiary/aromatic N) is 2. The van der Waals surface area contributed by atoms with Gasteiger partial charge in [0, 0.05) is 89.5 Å². The van der Waals surface area contributed by atoms with Crippen molar-refractivity contribution in [2.75, 3.05) is 29.5 Å². The highest BCUT2D eigenvalue weighted by molar-refractivity contribution is 7.94. The van der Waals surface area contributed by atoms with Gasteiger partial charge in [0.25, 0.3) is 0 Å². The molecule has 4 aromatic rings. The summed E-state index contributed by atoms with van der Waals surface area (Å²) in [5, 5.41) is 30.1. The smallest absolute Gasteiger partial charge is 0.210 e. The summed E-state index contributed by atoms with van der Waals surface area (Å²) in [7, 11) is 0. The maximum Gasteiger partial charge on any atom is 0.210 e. The van der Waals surface area contributed by atoms with Gasteiger partial charge in [0.1, 0.15) is 18.1 Å². The van der Waals surface area contributed by atoms with E-state index in [1.54, 1.807) is 0 Å². The molecule has 0 aromatic heterocycles. The van der Waals surface area contributed by atoms with E-state index < -0.39 is 0 Å². The van der Waals surface area contributed by atoms with Crippen molar-refractivity contribution >= 4 is 62.7 Å². The number of benzene rings is 4. The molecule has 8 rings (SSSR count). The number of hydrogen-bond donors (Lipinski definition) is 2. The standard InChI is InChI=1S/C50H54N2O7S2/c1-49(2)44(51(31-13-33-60-58-56-53)42-27-23-35-15-8-10-21-40(35)46(42)49)29-25-37-17-12-18-38(48(37)55-39-19-6-5-7-20-39)26-30-45-50(3,4)47-41-22-11-9-16-36(41)24-28-43(47)52(45)32-14-34-61-59-57-54/h5-6,8-11,15-16,19,21-30H,7,12-14,17-18,20,31-34H2,1-4H3,(H-,53,54)/p+1. The van der Waals surface area contributed by atoms with Crippen molar-refractivity contribution < 1.29 is 38.6 Å². The Bertz CT molecular complexity index is 2500. The summed E-state index contributed by atoms with van der Waals surface area (Å²) >= 11 is 2.20. The third-order valence-electron chi connectivity index (χ3n) is 12.5.